The summed E-state index contributed by atoms with van der Waals surface area (Å²) in [7, 11) is 0. The molecule has 3 aromatic rings. The van der Waals surface area contributed by atoms with Crippen LogP contribution in [-0.4, -0.2) is 180 Å². The fourth-order valence-corrected chi connectivity index (χ4v) is 10.0. The van der Waals surface area contributed by atoms with Crippen LogP contribution in [0.25, 0.3) is 6.08 Å². The SMILES string of the molecule is O=C(/C=C/c1cccnc1)NCCCCC1CCN(C(=O)c2ccc(N3CCC(N4CCN(C(=O)CCOCCOCCNc5cccc6c5C(=O)N(C5CCC(=O)NC5=O)C6=O)CC4)CC3)nn2)CC1. The summed E-state index contributed by atoms with van der Waals surface area (Å²) < 4.78 is 11.4. The highest BCUT2D eigenvalue weighted by Gasteiger charge is 2.45. The molecule has 0 spiro atoms. The average molecular weight is 976 g/mol. The zero-order valence-corrected chi connectivity index (χ0v) is 40.3. The predicted octanol–water partition coefficient (Wildman–Crippen LogP) is 2.77. The fourth-order valence-electron chi connectivity index (χ4n) is 10.0. The van der Waals surface area contributed by atoms with Crippen molar-refractivity contribution in [1.82, 2.24) is 45.4 Å². The molecule has 2 aromatic heterocycles. The Morgan fingerprint density at radius 1 is 0.761 bits per heavy atom. The number of likely N-dealkylation sites (tertiary alicyclic amines) is 1. The molecule has 0 saturated carbocycles. The van der Waals surface area contributed by atoms with Gasteiger partial charge in [0.25, 0.3) is 17.7 Å². The second-order valence-corrected chi connectivity index (χ2v) is 18.6. The van der Waals surface area contributed by atoms with E-state index in [2.05, 4.69) is 40.9 Å². The number of nitrogens with one attached hydrogen (secondary N) is 3. The standard InChI is InChI=1S/C51H65N11O9/c63-44(13-9-37-6-4-20-52-35-37)54-21-2-1-5-36-15-23-61(24-16-36)50(68)41-10-12-43(57-56-41)59-25-17-38(18-26-59)58-27-29-60(30-28-58)46(65)19-31-70-33-34-71-32-22-53-40-8-3-7-39-47(40)51(69)62(49(39)67)42-11-14-45(64)55-48(42)66/h3-4,6-10,12-13,20,35-36,38,42,53H,1-2,5,11,14-19,21-34H2,(H,54,63)(H,55,64,66)/b13-9+. The number of nitrogens with zero attached hydrogens (tertiary/aromatic N) is 8. The summed E-state index contributed by atoms with van der Waals surface area (Å²) in [4.78, 5) is 102. The Kier molecular flexibility index (Phi) is 17.8. The van der Waals surface area contributed by atoms with E-state index in [1.54, 1.807) is 42.7 Å². The van der Waals surface area contributed by atoms with Gasteiger partial charge in [0.1, 0.15) is 6.04 Å². The largest absolute Gasteiger partial charge is 0.382 e. The third-order valence-electron chi connectivity index (χ3n) is 14.1. The number of hydrogen-bond donors (Lipinski definition) is 3. The van der Waals surface area contributed by atoms with Crippen LogP contribution in [-0.2, 0) is 28.7 Å². The van der Waals surface area contributed by atoms with E-state index in [1.165, 1.54) is 6.08 Å². The first-order valence-electron chi connectivity index (χ1n) is 25.1. The van der Waals surface area contributed by atoms with Crippen LogP contribution in [0.15, 0.2) is 60.9 Å². The zero-order chi connectivity index (χ0) is 49.5. The third kappa shape index (κ3) is 13.4. The highest BCUT2D eigenvalue weighted by Crippen LogP contribution is 2.32. The average Bonchev–Trinajstić information content (AvgIpc) is 3.66. The van der Waals surface area contributed by atoms with Gasteiger partial charge in [-0.1, -0.05) is 25.0 Å². The molecule has 20 nitrogen and oxygen atoms in total. The number of piperazine rings is 1. The Morgan fingerprint density at radius 3 is 2.28 bits per heavy atom. The molecule has 3 N–H and O–H groups in total. The molecule has 1 aromatic carbocycles. The van der Waals surface area contributed by atoms with E-state index in [1.807, 2.05) is 28.0 Å². The summed E-state index contributed by atoms with van der Waals surface area (Å²) in [5.74, 6) is -0.952. The Labute approximate surface area is 413 Å². The number of aromatic nitrogens is 3. The summed E-state index contributed by atoms with van der Waals surface area (Å²) in [5.41, 5.74) is 2.13. The topological polar surface area (TPSA) is 229 Å². The molecule has 1 atom stereocenters. The molecule has 1 unspecified atom stereocenters. The van der Waals surface area contributed by atoms with E-state index in [-0.39, 0.29) is 41.7 Å². The molecule has 5 aliphatic heterocycles. The number of piperidine rings is 3. The lowest BCUT2D eigenvalue weighted by Gasteiger charge is -2.43. The highest BCUT2D eigenvalue weighted by atomic mass is 16.5. The molecule has 0 radical (unpaired) electrons. The van der Waals surface area contributed by atoms with Gasteiger partial charge in [0.15, 0.2) is 11.5 Å². The van der Waals surface area contributed by atoms with Crippen molar-refractivity contribution in [2.45, 2.75) is 76.3 Å². The summed E-state index contributed by atoms with van der Waals surface area (Å²) in [6, 6.07) is 11.8. The number of ether oxygens (including phenoxy) is 2. The van der Waals surface area contributed by atoms with Crippen molar-refractivity contribution < 1.29 is 43.0 Å². The monoisotopic (exact) mass is 975 g/mol. The molecule has 7 amide bonds. The number of carbonyl (C=O) groups excluding carboxylic acids is 7. The van der Waals surface area contributed by atoms with E-state index in [0.29, 0.717) is 95.5 Å². The van der Waals surface area contributed by atoms with Crippen LogP contribution in [0.3, 0.4) is 0 Å². The number of unbranched alkanes of at least 4 members (excludes halogenated alkanes) is 1. The van der Waals surface area contributed by atoms with Crippen LogP contribution in [0, 0.1) is 5.92 Å². The first kappa shape index (κ1) is 50.7. The van der Waals surface area contributed by atoms with Gasteiger partial charge in [0, 0.05) is 102 Å². The second-order valence-electron chi connectivity index (χ2n) is 18.6. The number of amides is 7. The maximum absolute atomic E-state index is 13.3. The van der Waals surface area contributed by atoms with Crippen LogP contribution in [0.2, 0.25) is 0 Å². The summed E-state index contributed by atoms with van der Waals surface area (Å²) in [6.45, 7) is 8.37. The van der Waals surface area contributed by atoms with Crippen molar-refractivity contribution in [2.24, 2.45) is 5.92 Å². The zero-order valence-electron chi connectivity index (χ0n) is 40.3. The fraction of sp³-hybridized carbons (Fsp3) is 0.529. The van der Waals surface area contributed by atoms with Crippen LogP contribution >= 0.6 is 0 Å². The van der Waals surface area contributed by atoms with Gasteiger partial charge in [-0.15, -0.1) is 10.2 Å². The number of hydrogen-bond acceptors (Lipinski definition) is 15. The molecule has 8 rings (SSSR count). The normalized spacial score (nSPS) is 19.4. The number of pyridine rings is 1. The molecular formula is C51H65N11O9. The quantitative estimate of drug-likeness (QED) is 0.0793. The maximum atomic E-state index is 13.3. The minimum Gasteiger partial charge on any atom is -0.382 e. The van der Waals surface area contributed by atoms with E-state index < -0.39 is 29.7 Å². The lowest BCUT2D eigenvalue weighted by Crippen LogP contribution is -2.54. The Bertz CT molecular complexity index is 2380. The number of anilines is 2. The van der Waals surface area contributed by atoms with E-state index in [9.17, 15) is 33.6 Å². The molecule has 20 heteroatoms. The smallest absolute Gasteiger partial charge is 0.274 e. The summed E-state index contributed by atoms with van der Waals surface area (Å²) in [6.07, 6.45) is 14.1. The number of imide groups is 2. The minimum absolute atomic E-state index is 0.0541. The lowest BCUT2D eigenvalue weighted by molar-refractivity contribution is -0.136. The van der Waals surface area contributed by atoms with Gasteiger partial charge in [-0.25, -0.2) is 0 Å². The van der Waals surface area contributed by atoms with Crippen molar-refractivity contribution >= 4 is 58.9 Å². The van der Waals surface area contributed by atoms with Crippen molar-refractivity contribution in [2.75, 3.05) is 102 Å². The van der Waals surface area contributed by atoms with Gasteiger partial charge < -0.3 is 34.8 Å². The molecule has 4 saturated heterocycles. The number of fused-ring (bicyclic) bond motifs is 1. The van der Waals surface area contributed by atoms with E-state index >= 15 is 0 Å². The maximum Gasteiger partial charge on any atom is 0.274 e. The first-order chi connectivity index (χ1) is 34.6. The number of benzene rings is 1. The molecule has 378 valence electrons. The van der Waals surface area contributed by atoms with Crippen LogP contribution in [0.4, 0.5) is 11.5 Å². The lowest BCUT2D eigenvalue weighted by atomic mass is 9.91. The van der Waals surface area contributed by atoms with Gasteiger partial charge >= 0.3 is 0 Å². The predicted molar refractivity (Wildman–Crippen MR) is 262 cm³/mol. The van der Waals surface area contributed by atoms with Crippen molar-refractivity contribution in [3.8, 4) is 0 Å². The van der Waals surface area contributed by atoms with Crippen LogP contribution in [0.5, 0.6) is 0 Å². The molecular weight excluding hydrogens is 911 g/mol. The minimum atomic E-state index is -1.03. The molecule has 0 bridgehead atoms. The first-order valence-corrected chi connectivity index (χ1v) is 25.1. The van der Waals surface area contributed by atoms with E-state index in [0.717, 1.165) is 87.4 Å². The Morgan fingerprint density at radius 2 is 1.55 bits per heavy atom. The highest BCUT2D eigenvalue weighted by molar-refractivity contribution is 6.25. The Balaban J connectivity index is 0.639. The van der Waals surface area contributed by atoms with Crippen LogP contribution in [0.1, 0.15) is 101 Å². The summed E-state index contributed by atoms with van der Waals surface area (Å²) in [5, 5.41) is 17.1. The van der Waals surface area contributed by atoms with Crippen LogP contribution < -0.4 is 20.9 Å². The number of rotatable bonds is 21. The molecule has 71 heavy (non-hydrogen) atoms. The van der Waals surface area contributed by atoms with Gasteiger partial charge in [-0.3, -0.25) is 53.7 Å². The van der Waals surface area contributed by atoms with Gasteiger partial charge in [0.2, 0.25) is 23.6 Å². The Hall–Kier alpha value is -6.64. The van der Waals surface area contributed by atoms with Gasteiger partial charge in [-0.05, 0) is 86.4 Å². The third-order valence-corrected chi connectivity index (χ3v) is 14.1. The van der Waals surface area contributed by atoms with Crippen molar-refractivity contribution in [3.63, 3.8) is 0 Å². The molecule has 7 heterocycles. The van der Waals surface area contributed by atoms with Gasteiger partial charge in [0.05, 0.1) is 44.0 Å². The summed E-state index contributed by atoms with van der Waals surface area (Å²) >= 11 is 0. The van der Waals surface area contributed by atoms with Crippen molar-refractivity contribution in [3.05, 3.63) is 83.3 Å². The molecule has 5 aliphatic rings. The second kappa shape index (κ2) is 25.0. The molecule has 0 aliphatic carbocycles. The molecule has 4 fully saturated rings. The van der Waals surface area contributed by atoms with Gasteiger partial charge in [-0.2, -0.15) is 0 Å². The van der Waals surface area contributed by atoms with Crippen molar-refractivity contribution in [1.29, 1.82) is 0 Å². The number of carbonyl (C=O) groups is 7. The van der Waals surface area contributed by atoms with E-state index in [4.69, 9.17) is 9.47 Å².